The van der Waals surface area contributed by atoms with Crippen LogP contribution in [-0.4, -0.2) is 29.6 Å². The zero-order valence-corrected chi connectivity index (χ0v) is 11.6. The molecule has 1 aliphatic carbocycles. The highest BCUT2D eigenvalue weighted by Gasteiger charge is 2.31. The summed E-state index contributed by atoms with van der Waals surface area (Å²) in [6.45, 7) is 1.77. The van der Waals surface area contributed by atoms with E-state index in [0.29, 0.717) is 5.92 Å². The van der Waals surface area contributed by atoms with Crippen molar-refractivity contribution in [2.24, 2.45) is 11.8 Å². The molecule has 1 N–H and O–H groups in total. The average Bonchev–Trinajstić information content (AvgIpc) is 2.40. The number of carbonyl (C=O) groups is 1. The summed E-state index contributed by atoms with van der Waals surface area (Å²) in [5.41, 5.74) is 1.28. The van der Waals surface area contributed by atoms with E-state index in [4.69, 9.17) is 0 Å². The molecule has 0 spiro atoms. The predicted octanol–water partition coefficient (Wildman–Crippen LogP) is 3.01. The van der Waals surface area contributed by atoms with Crippen LogP contribution in [0.25, 0.3) is 0 Å². The Bertz CT molecular complexity index is 404. The third-order valence-electron chi connectivity index (χ3n) is 4.07. The number of aliphatic carboxylic acids is 1. The lowest BCUT2D eigenvalue weighted by atomic mass is 9.79. The molecule has 0 aliphatic heterocycles. The minimum atomic E-state index is -0.613. The van der Waals surface area contributed by atoms with Gasteiger partial charge in [-0.15, -0.1) is 0 Å². The van der Waals surface area contributed by atoms with Crippen molar-refractivity contribution in [1.82, 2.24) is 4.90 Å². The minimum Gasteiger partial charge on any atom is -0.481 e. The standard InChI is InChI=1S/C16H23NO2/c1-17(11-13-7-3-2-4-8-13)12-14-9-5-6-10-15(14)16(18)19/h2-4,7-8,14-15H,5-6,9-12H2,1H3,(H,18,19)/t14?,15-/m0/s1. The molecule has 1 saturated carbocycles. The molecular formula is C16H23NO2. The van der Waals surface area contributed by atoms with Crippen molar-refractivity contribution < 1.29 is 9.90 Å². The molecule has 1 fully saturated rings. The molecule has 1 aliphatic rings. The Morgan fingerprint density at radius 2 is 1.95 bits per heavy atom. The molecule has 0 amide bonds. The van der Waals surface area contributed by atoms with Gasteiger partial charge in [0.15, 0.2) is 0 Å². The van der Waals surface area contributed by atoms with Crippen molar-refractivity contribution in [3.8, 4) is 0 Å². The zero-order chi connectivity index (χ0) is 13.7. The predicted molar refractivity (Wildman–Crippen MR) is 75.9 cm³/mol. The summed E-state index contributed by atoms with van der Waals surface area (Å²) in [5, 5.41) is 9.29. The van der Waals surface area contributed by atoms with Crippen LogP contribution in [0, 0.1) is 11.8 Å². The molecule has 2 rings (SSSR count). The van der Waals surface area contributed by atoms with Crippen molar-refractivity contribution in [1.29, 1.82) is 0 Å². The summed E-state index contributed by atoms with van der Waals surface area (Å²) in [7, 11) is 2.08. The maximum Gasteiger partial charge on any atom is 0.306 e. The number of carboxylic acids is 1. The third kappa shape index (κ3) is 4.06. The van der Waals surface area contributed by atoms with Crippen molar-refractivity contribution in [3.05, 3.63) is 35.9 Å². The van der Waals surface area contributed by atoms with E-state index < -0.39 is 5.97 Å². The fourth-order valence-electron chi connectivity index (χ4n) is 3.11. The van der Waals surface area contributed by atoms with Gasteiger partial charge < -0.3 is 10.0 Å². The Kier molecular flexibility index (Phi) is 4.97. The highest BCUT2D eigenvalue weighted by molar-refractivity contribution is 5.70. The van der Waals surface area contributed by atoms with Crippen LogP contribution >= 0.6 is 0 Å². The molecule has 0 aromatic heterocycles. The van der Waals surface area contributed by atoms with E-state index in [9.17, 15) is 9.90 Å². The second-order valence-electron chi connectivity index (χ2n) is 5.67. The highest BCUT2D eigenvalue weighted by atomic mass is 16.4. The van der Waals surface area contributed by atoms with Crippen LogP contribution in [0.3, 0.4) is 0 Å². The fourth-order valence-corrected chi connectivity index (χ4v) is 3.11. The van der Waals surface area contributed by atoms with E-state index in [0.717, 1.165) is 32.4 Å². The van der Waals surface area contributed by atoms with E-state index in [-0.39, 0.29) is 5.92 Å². The van der Waals surface area contributed by atoms with E-state index in [1.807, 2.05) is 18.2 Å². The van der Waals surface area contributed by atoms with Crippen molar-refractivity contribution >= 4 is 5.97 Å². The summed E-state index contributed by atoms with van der Waals surface area (Å²) in [6.07, 6.45) is 4.14. The van der Waals surface area contributed by atoms with E-state index in [2.05, 4.69) is 24.1 Å². The first-order valence-corrected chi connectivity index (χ1v) is 7.12. The number of benzene rings is 1. The molecule has 0 radical (unpaired) electrons. The van der Waals surface area contributed by atoms with E-state index in [1.54, 1.807) is 0 Å². The van der Waals surface area contributed by atoms with Gasteiger partial charge in [-0.05, 0) is 31.4 Å². The normalized spacial score (nSPS) is 23.5. The molecule has 0 bridgehead atoms. The van der Waals surface area contributed by atoms with Crippen molar-refractivity contribution in [2.75, 3.05) is 13.6 Å². The summed E-state index contributed by atoms with van der Waals surface area (Å²) in [5.74, 6) is -0.454. The van der Waals surface area contributed by atoms with Gasteiger partial charge in [-0.3, -0.25) is 4.79 Å². The Morgan fingerprint density at radius 1 is 1.26 bits per heavy atom. The molecule has 3 heteroatoms. The van der Waals surface area contributed by atoms with Crippen LogP contribution in [-0.2, 0) is 11.3 Å². The quantitative estimate of drug-likeness (QED) is 0.885. The molecule has 1 unspecified atom stereocenters. The van der Waals surface area contributed by atoms with Crippen LogP contribution < -0.4 is 0 Å². The molecule has 3 nitrogen and oxygen atoms in total. The lowest BCUT2D eigenvalue weighted by molar-refractivity contribution is -0.145. The number of rotatable bonds is 5. The van der Waals surface area contributed by atoms with E-state index in [1.165, 1.54) is 12.0 Å². The Morgan fingerprint density at radius 3 is 2.63 bits per heavy atom. The fraction of sp³-hybridized carbons (Fsp3) is 0.562. The lowest BCUT2D eigenvalue weighted by Crippen LogP contribution is -2.35. The lowest BCUT2D eigenvalue weighted by Gasteiger charge is -2.32. The SMILES string of the molecule is CN(Cc1ccccc1)CC1CCCC[C@@H]1C(=O)O. The molecule has 104 valence electrons. The Hall–Kier alpha value is -1.35. The summed E-state index contributed by atoms with van der Waals surface area (Å²) in [4.78, 5) is 13.5. The highest BCUT2D eigenvalue weighted by Crippen LogP contribution is 2.30. The second-order valence-corrected chi connectivity index (χ2v) is 5.67. The number of carboxylic acid groups (broad SMARTS) is 1. The zero-order valence-electron chi connectivity index (χ0n) is 11.6. The van der Waals surface area contributed by atoms with Gasteiger partial charge in [0.2, 0.25) is 0 Å². The van der Waals surface area contributed by atoms with Gasteiger partial charge >= 0.3 is 5.97 Å². The Balaban J connectivity index is 1.90. The molecule has 0 saturated heterocycles. The molecule has 0 heterocycles. The van der Waals surface area contributed by atoms with Gasteiger partial charge in [-0.2, -0.15) is 0 Å². The van der Waals surface area contributed by atoms with Crippen LogP contribution in [0.4, 0.5) is 0 Å². The van der Waals surface area contributed by atoms with Crippen LogP contribution in [0.15, 0.2) is 30.3 Å². The third-order valence-corrected chi connectivity index (χ3v) is 4.07. The van der Waals surface area contributed by atoms with Gasteiger partial charge in [0.05, 0.1) is 5.92 Å². The number of hydrogen-bond donors (Lipinski definition) is 1. The van der Waals surface area contributed by atoms with Crippen molar-refractivity contribution in [2.45, 2.75) is 32.2 Å². The molecular weight excluding hydrogens is 238 g/mol. The van der Waals surface area contributed by atoms with E-state index >= 15 is 0 Å². The topological polar surface area (TPSA) is 40.5 Å². The number of nitrogens with zero attached hydrogens (tertiary/aromatic N) is 1. The molecule has 2 atom stereocenters. The molecule has 1 aromatic carbocycles. The summed E-state index contributed by atoms with van der Waals surface area (Å²) >= 11 is 0. The Labute approximate surface area is 115 Å². The van der Waals surface area contributed by atoms with Gasteiger partial charge in [0, 0.05) is 13.1 Å². The maximum atomic E-state index is 11.3. The molecule has 1 aromatic rings. The van der Waals surface area contributed by atoms with Gasteiger partial charge in [-0.25, -0.2) is 0 Å². The first kappa shape index (κ1) is 14.1. The van der Waals surface area contributed by atoms with Crippen LogP contribution in [0.5, 0.6) is 0 Å². The maximum absolute atomic E-state index is 11.3. The summed E-state index contributed by atoms with van der Waals surface area (Å²) in [6, 6.07) is 10.3. The minimum absolute atomic E-state index is 0.146. The van der Waals surface area contributed by atoms with Crippen molar-refractivity contribution in [3.63, 3.8) is 0 Å². The largest absolute Gasteiger partial charge is 0.481 e. The van der Waals surface area contributed by atoms with Crippen LogP contribution in [0.2, 0.25) is 0 Å². The summed E-state index contributed by atoms with van der Waals surface area (Å²) < 4.78 is 0. The first-order valence-electron chi connectivity index (χ1n) is 7.12. The van der Waals surface area contributed by atoms with Gasteiger partial charge in [0.1, 0.15) is 0 Å². The monoisotopic (exact) mass is 261 g/mol. The second kappa shape index (κ2) is 6.71. The first-order chi connectivity index (χ1) is 9.16. The number of hydrogen-bond acceptors (Lipinski definition) is 2. The average molecular weight is 261 g/mol. The smallest absolute Gasteiger partial charge is 0.306 e. The van der Waals surface area contributed by atoms with Crippen LogP contribution in [0.1, 0.15) is 31.2 Å². The van der Waals surface area contributed by atoms with Gasteiger partial charge in [-0.1, -0.05) is 43.2 Å². The molecule has 19 heavy (non-hydrogen) atoms. The van der Waals surface area contributed by atoms with Gasteiger partial charge in [0.25, 0.3) is 0 Å².